The van der Waals surface area contributed by atoms with Crippen molar-refractivity contribution in [1.82, 2.24) is 4.90 Å². The topological polar surface area (TPSA) is 49.5 Å². The minimum absolute atomic E-state index is 0.481. The number of hydrogen-bond acceptors (Lipinski definition) is 3. The molecule has 0 aliphatic carbocycles. The summed E-state index contributed by atoms with van der Waals surface area (Å²) in [7, 11) is 1.99. The van der Waals surface area contributed by atoms with E-state index in [1.54, 1.807) is 0 Å². The molecule has 0 aliphatic heterocycles. The van der Waals surface area contributed by atoms with Crippen LogP contribution in [0.4, 0.5) is 5.69 Å². The maximum absolute atomic E-state index is 10.3. The molecule has 0 saturated heterocycles. The zero-order valence-electron chi connectivity index (χ0n) is 12.1. The quantitative estimate of drug-likeness (QED) is 0.821. The van der Waals surface area contributed by atoms with Crippen molar-refractivity contribution in [2.24, 2.45) is 0 Å². The second kappa shape index (κ2) is 6.55. The average molecular weight is 270 g/mol. The third kappa shape index (κ3) is 3.83. The second-order valence-corrected chi connectivity index (χ2v) is 5.32. The van der Waals surface area contributed by atoms with Gasteiger partial charge in [0, 0.05) is 18.8 Å². The van der Waals surface area contributed by atoms with Gasteiger partial charge in [-0.1, -0.05) is 48.0 Å². The number of aryl methyl sites for hydroxylation is 1. The van der Waals surface area contributed by atoms with Crippen molar-refractivity contribution in [1.29, 1.82) is 0 Å². The van der Waals surface area contributed by atoms with Crippen LogP contribution in [-0.2, 0) is 6.54 Å². The number of nitrogens with zero attached hydrogens (tertiary/aromatic N) is 1. The zero-order valence-corrected chi connectivity index (χ0v) is 12.1. The molecule has 0 spiro atoms. The number of anilines is 1. The average Bonchev–Trinajstić information content (AvgIpc) is 2.42. The van der Waals surface area contributed by atoms with Crippen LogP contribution in [0.3, 0.4) is 0 Å². The molecule has 0 fully saturated rings. The summed E-state index contributed by atoms with van der Waals surface area (Å²) in [6.45, 7) is 3.35. The number of nitrogen functional groups attached to an aromatic ring is 1. The summed E-state index contributed by atoms with van der Waals surface area (Å²) in [5, 5.41) is 10.3. The van der Waals surface area contributed by atoms with Crippen LogP contribution in [0.2, 0.25) is 0 Å². The van der Waals surface area contributed by atoms with E-state index in [-0.39, 0.29) is 0 Å². The summed E-state index contributed by atoms with van der Waals surface area (Å²) in [6, 6.07) is 15.8. The lowest BCUT2D eigenvalue weighted by Gasteiger charge is -2.21. The van der Waals surface area contributed by atoms with Crippen LogP contribution in [0.25, 0.3) is 0 Å². The van der Waals surface area contributed by atoms with Crippen LogP contribution in [0.5, 0.6) is 0 Å². The van der Waals surface area contributed by atoms with Gasteiger partial charge in [-0.05, 0) is 31.2 Å². The van der Waals surface area contributed by atoms with Gasteiger partial charge in [0.1, 0.15) is 0 Å². The second-order valence-electron chi connectivity index (χ2n) is 5.32. The van der Waals surface area contributed by atoms with Gasteiger partial charge < -0.3 is 10.8 Å². The highest BCUT2D eigenvalue weighted by Crippen LogP contribution is 2.17. The van der Waals surface area contributed by atoms with Gasteiger partial charge in [-0.25, -0.2) is 0 Å². The minimum atomic E-state index is -0.481. The molecule has 2 rings (SSSR count). The van der Waals surface area contributed by atoms with Crippen molar-refractivity contribution in [3.63, 3.8) is 0 Å². The van der Waals surface area contributed by atoms with E-state index in [1.807, 2.05) is 62.5 Å². The summed E-state index contributed by atoms with van der Waals surface area (Å²) in [5.41, 5.74) is 9.97. The third-order valence-corrected chi connectivity index (χ3v) is 3.44. The molecule has 3 nitrogen and oxygen atoms in total. The number of aliphatic hydroxyl groups is 1. The lowest BCUT2D eigenvalue weighted by atomic mass is 10.1. The fraction of sp³-hybridized carbons (Fsp3) is 0.294. The molecule has 20 heavy (non-hydrogen) atoms. The van der Waals surface area contributed by atoms with Crippen LogP contribution in [0, 0.1) is 6.92 Å². The number of hydrogen-bond donors (Lipinski definition) is 2. The molecular formula is C17H22N2O. The number of para-hydroxylation sites is 1. The fourth-order valence-corrected chi connectivity index (χ4v) is 2.22. The molecule has 0 amide bonds. The highest BCUT2D eigenvalue weighted by molar-refractivity contribution is 5.46. The van der Waals surface area contributed by atoms with Crippen molar-refractivity contribution in [3.05, 3.63) is 65.2 Å². The van der Waals surface area contributed by atoms with Gasteiger partial charge in [0.05, 0.1) is 6.10 Å². The predicted octanol–water partition coefficient (Wildman–Crippen LogP) is 2.74. The Hall–Kier alpha value is -1.84. The van der Waals surface area contributed by atoms with E-state index in [0.29, 0.717) is 6.54 Å². The third-order valence-electron chi connectivity index (χ3n) is 3.44. The summed E-state index contributed by atoms with van der Waals surface area (Å²) in [6.07, 6.45) is -0.481. The number of likely N-dealkylation sites (N-methyl/N-ethyl adjacent to an activating group) is 1. The van der Waals surface area contributed by atoms with E-state index in [1.165, 1.54) is 5.56 Å². The molecule has 106 valence electrons. The smallest absolute Gasteiger partial charge is 0.0916 e. The van der Waals surface area contributed by atoms with Gasteiger partial charge in [-0.15, -0.1) is 0 Å². The van der Waals surface area contributed by atoms with E-state index in [2.05, 4.69) is 4.90 Å². The summed E-state index contributed by atoms with van der Waals surface area (Å²) in [4.78, 5) is 2.08. The Bertz CT molecular complexity index is 551. The van der Waals surface area contributed by atoms with Gasteiger partial charge in [0.15, 0.2) is 0 Å². The Morgan fingerprint density at radius 2 is 1.75 bits per heavy atom. The van der Waals surface area contributed by atoms with Gasteiger partial charge in [-0.3, -0.25) is 4.90 Å². The lowest BCUT2D eigenvalue weighted by molar-refractivity contribution is 0.124. The van der Waals surface area contributed by atoms with E-state index in [4.69, 9.17) is 5.73 Å². The first-order valence-electron chi connectivity index (χ1n) is 6.83. The first-order valence-corrected chi connectivity index (χ1v) is 6.83. The summed E-state index contributed by atoms with van der Waals surface area (Å²) < 4.78 is 0. The number of benzene rings is 2. The van der Waals surface area contributed by atoms with Crippen molar-refractivity contribution < 1.29 is 5.11 Å². The Kier molecular flexibility index (Phi) is 4.77. The number of rotatable bonds is 5. The van der Waals surface area contributed by atoms with Crippen LogP contribution < -0.4 is 5.73 Å². The first-order chi connectivity index (χ1) is 9.56. The molecule has 1 atom stereocenters. The lowest BCUT2D eigenvalue weighted by Crippen LogP contribution is -2.24. The van der Waals surface area contributed by atoms with Crippen molar-refractivity contribution in [2.75, 3.05) is 19.3 Å². The molecule has 2 aromatic carbocycles. The summed E-state index contributed by atoms with van der Waals surface area (Å²) >= 11 is 0. The Balaban J connectivity index is 1.96. The maximum Gasteiger partial charge on any atom is 0.0916 e. The standard InChI is InChI=1S/C17H22N2O/c1-13-7-9-14(10-8-13)17(20)12-19(2)11-15-5-3-4-6-16(15)18/h3-10,17,20H,11-12,18H2,1-2H3/t17-/m1/s1. The van der Waals surface area contributed by atoms with E-state index >= 15 is 0 Å². The van der Waals surface area contributed by atoms with Gasteiger partial charge in [-0.2, -0.15) is 0 Å². The molecule has 0 saturated carbocycles. The molecule has 3 heteroatoms. The monoisotopic (exact) mass is 270 g/mol. The highest BCUT2D eigenvalue weighted by atomic mass is 16.3. The fourth-order valence-electron chi connectivity index (χ4n) is 2.22. The minimum Gasteiger partial charge on any atom is -0.398 e. The van der Waals surface area contributed by atoms with Gasteiger partial charge in [0.25, 0.3) is 0 Å². The van der Waals surface area contributed by atoms with Crippen LogP contribution in [-0.4, -0.2) is 23.6 Å². The van der Waals surface area contributed by atoms with E-state index in [9.17, 15) is 5.11 Å². The Morgan fingerprint density at radius 1 is 1.10 bits per heavy atom. The Morgan fingerprint density at radius 3 is 2.40 bits per heavy atom. The van der Waals surface area contributed by atoms with Gasteiger partial charge in [0.2, 0.25) is 0 Å². The predicted molar refractivity (Wildman–Crippen MR) is 83.3 cm³/mol. The number of nitrogens with two attached hydrogens (primary N) is 1. The Labute approximate surface area is 120 Å². The van der Waals surface area contributed by atoms with Crippen molar-refractivity contribution in [3.8, 4) is 0 Å². The SMILES string of the molecule is Cc1ccc([C@H](O)CN(C)Cc2ccccc2N)cc1. The molecule has 0 bridgehead atoms. The molecule has 3 N–H and O–H groups in total. The highest BCUT2D eigenvalue weighted by Gasteiger charge is 2.11. The van der Waals surface area contributed by atoms with Crippen LogP contribution in [0.1, 0.15) is 22.8 Å². The van der Waals surface area contributed by atoms with Crippen LogP contribution in [0.15, 0.2) is 48.5 Å². The normalized spacial score (nSPS) is 12.6. The molecule has 0 aliphatic rings. The molecule has 2 aromatic rings. The molecule has 0 aromatic heterocycles. The number of aliphatic hydroxyl groups excluding tert-OH is 1. The molecule has 0 radical (unpaired) electrons. The largest absolute Gasteiger partial charge is 0.398 e. The maximum atomic E-state index is 10.3. The van der Waals surface area contributed by atoms with E-state index in [0.717, 1.165) is 23.4 Å². The van der Waals surface area contributed by atoms with Gasteiger partial charge >= 0.3 is 0 Å². The van der Waals surface area contributed by atoms with Crippen molar-refractivity contribution >= 4 is 5.69 Å². The van der Waals surface area contributed by atoms with Crippen LogP contribution >= 0.6 is 0 Å². The van der Waals surface area contributed by atoms with E-state index < -0.39 is 6.10 Å². The zero-order chi connectivity index (χ0) is 14.5. The molecule has 0 unspecified atom stereocenters. The summed E-state index contributed by atoms with van der Waals surface area (Å²) in [5.74, 6) is 0. The molecular weight excluding hydrogens is 248 g/mol. The first kappa shape index (κ1) is 14.6. The molecule has 0 heterocycles. The van der Waals surface area contributed by atoms with Crippen molar-refractivity contribution in [2.45, 2.75) is 19.6 Å².